The van der Waals surface area contributed by atoms with Crippen LogP contribution in [0.1, 0.15) is 18.9 Å². The van der Waals surface area contributed by atoms with Crippen molar-refractivity contribution in [3.8, 4) is 0 Å². The van der Waals surface area contributed by atoms with E-state index in [1.54, 1.807) is 19.9 Å². The van der Waals surface area contributed by atoms with Crippen molar-refractivity contribution in [2.24, 2.45) is 10.8 Å². The number of hydrazone groups is 1. The SMILES string of the molecule is CCOC(=O)C/C(N)=N\Nc1ccc(C)cc1[N+](=O)[O-]. The fourth-order valence-corrected chi connectivity index (χ4v) is 1.42. The number of nitro groups is 1. The van der Waals surface area contributed by atoms with E-state index in [4.69, 9.17) is 10.5 Å². The third-order valence-electron chi connectivity index (χ3n) is 2.30. The highest BCUT2D eigenvalue weighted by Crippen LogP contribution is 2.25. The Hall–Kier alpha value is -2.64. The molecule has 1 rings (SSSR count). The lowest BCUT2D eigenvalue weighted by Crippen LogP contribution is -2.20. The van der Waals surface area contributed by atoms with Crippen molar-refractivity contribution >= 4 is 23.2 Å². The summed E-state index contributed by atoms with van der Waals surface area (Å²) in [6.45, 7) is 3.68. The fourth-order valence-electron chi connectivity index (χ4n) is 1.42. The summed E-state index contributed by atoms with van der Waals surface area (Å²) in [5.41, 5.74) is 8.85. The van der Waals surface area contributed by atoms with Gasteiger partial charge in [0.15, 0.2) is 0 Å². The van der Waals surface area contributed by atoms with Gasteiger partial charge in [-0.1, -0.05) is 6.07 Å². The van der Waals surface area contributed by atoms with Gasteiger partial charge in [0.05, 0.1) is 11.5 Å². The van der Waals surface area contributed by atoms with E-state index >= 15 is 0 Å². The van der Waals surface area contributed by atoms with Gasteiger partial charge in [0.25, 0.3) is 5.69 Å². The molecule has 0 aliphatic carbocycles. The lowest BCUT2D eigenvalue weighted by atomic mass is 10.2. The minimum atomic E-state index is -0.521. The molecule has 0 unspecified atom stereocenters. The first-order valence-electron chi connectivity index (χ1n) is 5.92. The van der Waals surface area contributed by atoms with Crippen LogP contribution < -0.4 is 11.2 Å². The molecule has 0 saturated heterocycles. The van der Waals surface area contributed by atoms with Gasteiger partial charge < -0.3 is 10.5 Å². The van der Waals surface area contributed by atoms with Crippen molar-refractivity contribution in [2.45, 2.75) is 20.3 Å². The molecule has 0 radical (unpaired) electrons. The molecule has 20 heavy (non-hydrogen) atoms. The summed E-state index contributed by atoms with van der Waals surface area (Å²) < 4.78 is 4.71. The van der Waals surface area contributed by atoms with E-state index in [1.165, 1.54) is 12.1 Å². The first-order chi connectivity index (χ1) is 9.43. The number of hydrogen-bond donors (Lipinski definition) is 2. The lowest BCUT2D eigenvalue weighted by molar-refractivity contribution is -0.384. The summed E-state index contributed by atoms with van der Waals surface area (Å²) in [5.74, 6) is -0.521. The number of ether oxygens (including phenoxy) is 1. The van der Waals surface area contributed by atoms with Crippen LogP contribution in [-0.2, 0) is 9.53 Å². The number of anilines is 1. The zero-order chi connectivity index (χ0) is 15.1. The van der Waals surface area contributed by atoms with Crippen molar-refractivity contribution in [1.29, 1.82) is 0 Å². The number of rotatable bonds is 6. The molecule has 108 valence electrons. The van der Waals surface area contributed by atoms with E-state index in [0.29, 0.717) is 0 Å². The molecule has 3 N–H and O–H groups in total. The topological polar surface area (TPSA) is 120 Å². The second-order valence-corrected chi connectivity index (χ2v) is 3.97. The summed E-state index contributed by atoms with van der Waals surface area (Å²) in [6.07, 6.45) is -0.180. The number of benzene rings is 1. The van der Waals surface area contributed by atoms with E-state index in [0.717, 1.165) is 5.56 Å². The van der Waals surface area contributed by atoms with Crippen molar-refractivity contribution in [3.63, 3.8) is 0 Å². The standard InChI is InChI=1S/C12H16N4O4/c1-3-20-12(17)7-11(13)15-14-9-5-4-8(2)6-10(9)16(18)19/h4-6,14H,3,7H2,1-2H3,(H2,13,15). The molecule has 1 aromatic rings. The van der Waals surface area contributed by atoms with Crippen LogP contribution >= 0.6 is 0 Å². The van der Waals surface area contributed by atoms with Gasteiger partial charge in [-0.25, -0.2) is 0 Å². The molecule has 0 aliphatic rings. The largest absolute Gasteiger partial charge is 0.466 e. The molecule has 0 spiro atoms. The Balaban J connectivity index is 2.78. The Bertz CT molecular complexity index is 542. The van der Waals surface area contributed by atoms with Crippen LogP contribution in [0.3, 0.4) is 0 Å². The van der Waals surface area contributed by atoms with Crippen LogP contribution in [0.2, 0.25) is 0 Å². The molecule has 0 fully saturated rings. The van der Waals surface area contributed by atoms with Gasteiger partial charge in [-0.2, -0.15) is 5.10 Å². The molecular weight excluding hydrogens is 264 g/mol. The smallest absolute Gasteiger partial charge is 0.313 e. The lowest BCUT2D eigenvalue weighted by Gasteiger charge is -2.05. The summed E-state index contributed by atoms with van der Waals surface area (Å²) in [6, 6.07) is 4.64. The summed E-state index contributed by atoms with van der Waals surface area (Å²) >= 11 is 0. The van der Waals surface area contributed by atoms with Crippen molar-refractivity contribution in [1.82, 2.24) is 0 Å². The van der Waals surface area contributed by atoms with Crippen LogP contribution in [0, 0.1) is 17.0 Å². The molecule has 0 bridgehead atoms. The predicted octanol–water partition coefficient (Wildman–Crippen LogP) is 1.54. The van der Waals surface area contributed by atoms with Gasteiger partial charge in [-0.15, -0.1) is 0 Å². The molecule has 8 nitrogen and oxygen atoms in total. The maximum absolute atomic E-state index is 11.2. The summed E-state index contributed by atoms with van der Waals surface area (Å²) in [7, 11) is 0. The molecule has 8 heteroatoms. The van der Waals surface area contributed by atoms with Gasteiger partial charge >= 0.3 is 5.97 Å². The van der Waals surface area contributed by atoms with Gasteiger partial charge in [0.2, 0.25) is 0 Å². The predicted molar refractivity (Wildman–Crippen MR) is 74.3 cm³/mol. The molecule has 0 atom stereocenters. The Morgan fingerprint density at radius 3 is 2.85 bits per heavy atom. The minimum absolute atomic E-state index is 0.0154. The van der Waals surface area contributed by atoms with Crippen molar-refractivity contribution in [3.05, 3.63) is 33.9 Å². The number of carbonyl (C=O) groups is 1. The highest BCUT2D eigenvalue weighted by molar-refractivity contribution is 5.97. The third-order valence-corrected chi connectivity index (χ3v) is 2.30. The molecular formula is C12H16N4O4. The maximum atomic E-state index is 11.2. The number of amidine groups is 1. The first-order valence-corrected chi connectivity index (χ1v) is 5.92. The van der Waals surface area contributed by atoms with E-state index in [9.17, 15) is 14.9 Å². The van der Waals surface area contributed by atoms with Gasteiger partial charge in [-0.3, -0.25) is 20.3 Å². The monoisotopic (exact) mass is 280 g/mol. The fraction of sp³-hybridized carbons (Fsp3) is 0.333. The molecule has 0 heterocycles. The van der Waals surface area contributed by atoms with Crippen LogP contribution in [0.15, 0.2) is 23.3 Å². The van der Waals surface area contributed by atoms with E-state index < -0.39 is 10.9 Å². The average molecular weight is 280 g/mol. The summed E-state index contributed by atoms with van der Waals surface area (Å²) in [5, 5.41) is 14.6. The molecule has 0 aromatic heterocycles. The molecule has 0 amide bonds. The highest BCUT2D eigenvalue weighted by Gasteiger charge is 2.13. The Kier molecular flexibility index (Phi) is 5.45. The number of esters is 1. The third kappa shape index (κ3) is 4.56. The van der Waals surface area contributed by atoms with E-state index in [1.807, 2.05) is 0 Å². The van der Waals surface area contributed by atoms with Crippen molar-refractivity contribution in [2.75, 3.05) is 12.0 Å². The first kappa shape index (κ1) is 15.4. The number of carbonyl (C=O) groups excluding carboxylic acids is 1. The Labute approximate surface area is 115 Å². The molecule has 1 aromatic carbocycles. The zero-order valence-electron chi connectivity index (χ0n) is 11.3. The maximum Gasteiger partial charge on any atom is 0.313 e. The number of nitrogens with two attached hydrogens (primary N) is 1. The van der Waals surface area contributed by atoms with Crippen LogP contribution in [0.4, 0.5) is 11.4 Å². The second-order valence-electron chi connectivity index (χ2n) is 3.97. The quantitative estimate of drug-likeness (QED) is 0.268. The number of aryl methyl sites for hydroxylation is 1. The Morgan fingerprint density at radius 1 is 1.55 bits per heavy atom. The van der Waals surface area contributed by atoms with Crippen LogP contribution in [-0.4, -0.2) is 23.3 Å². The van der Waals surface area contributed by atoms with E-state index in [-0.39, 0.29) is 30.2 Å². The number of nitrogens with one attached hydrogen (secondary N) is 1. The average Bonchev–Trinajstić information content (AvgIpc) is 2.37. The van der Waals surface area contributed by atoms with Gasteiger partial charge in [0.1, 0.15) is 17.9 Å². The number of nitrogens with zero attached hydrogens (tertiary/aromatic N) is 2. The van der Waals surface area contributed by atoms with Gasteiger partial charge in [0, 0.05) is 6.07 Å². The number of hydrogen-bond acceptors (Lipinski definition) is 6. The normalized spacial score (nSPS) is 11.0. The highest BCUT2D eigenvalue weighted by atomic mass is 16.6. The van der Waals surface area contributed by atoms with E-state index in [2.05, 4.69) is 10.5 Å². The van der Waals surface area contributed by atoms with Gasteiger partial charge in [-0.05, 0) is 25.5 Å². The second kappa shape index (κ2) is 7.07. The zero-order valence-corrected chi connectivity index (χ0v) is 11.3. The summed E-state index contributed by atoms with van der Waals surface area (Å²) in [4.78, 5) is 21.5. The molecule has 0 aliphatic heterocycles. The molecule has 0 saturated carbocycles. The Morgan fingerprint density at radius 2 is 2.25 bits per heavy atom. The minimum Gasteiger partial charge on any atom is -0.466 e. The number of nitro benzene ring substituents is 1. The van der Waals surface area contributed by atoms with Crippen LogP contribution in [0.5, 0.6) is 0 Å². The van der Waals surface area contributed by atoms with Crippen molar-refractivity contribution < 1.29 is 14.5 Å². The van der Waals surface area contributed by atoms with Crippen LogP contribution in [0.25, 0.3) is 0 Å².